The van der Waals surface area contributed by atoms with Crippen LogP contribution in [0.5, 0.6) is 0 Å². The Kier molecular flexibility index (Phi) is 4.08. The third-order valence-corrected chi connectivity index (χ3v) is 3.42. The molecule has 2 N–H and O–H groups in total. The molecule has 2 rings (SSSR count). The number of nitrogens with two attached hydrogens (primary N) is 1. The highest BCUT2D eigenvalue weighted by atomic mass is 35.5. The van der Waals surface area contributed by atoms with Crippen LogP contribution in [-0.2, 0) is 6.54 Å². The third kappa shape index (κ3) is 3.06. The molecule has 0 aliphatic carbocycles. The molecular weight excluding hydrogens is 258 g/mol. The van der Waals surface area contributed by atoms with Crippen molar-refractivity contribution >= 4 is 23.1 Å². The summed E-state index contributed by atoms with van der Waals surface area (Å²) >= 11 is 6.04. The van der Waals surface area contributed by atoms with Crippen LogP contribution in [0.1, 0.15) is 16.7 Å². The van der Waals surface area contributed by atoms with E-state index in [-0.39, 0.29) is 0 Å². The summed E-state index contributed by atoms with van der Waals surface area (Å²) < 4.78 is 0. The molecule has 2 aromatic rings. The predicted octanol–water partition coefficient (Wildman–Crippen LogP) is 3.58. The normalized spacial score (nSPS) is 10.6. The van der Waals surface area contributed by atoms with Gasteiger partial charge in [-0.05, 0) is 48.7 Å². The summed E-state index contributed by atoms with van der Waals surface area (Å²) in [7, 11) is 1.99. The lowest BCUT2D eigenvalue weighted by Gasteiger charge is -2.20. The summed E-state index contributed by atoms with van der Waals surface area (Å²) in [5, 5.41) is 0.611. The van der Waals surface area contributed by atoms with E-state index >= 15 is 0 Å². The van der Waals surface area contributed by atoms with Crippen molar-refractivity contribution in [3.63, 3.8) is 0 Å². The standard InChI is InChI=1S/C15H18ClN3/c1-10-4-11(2)6-13(5-10)19(3)15-7-12(8-17)14(16)9-18-15/h4-7,9H,8,17H2,1-3H3. The molecule has 0 spiro atoms. The number of pyridine rings is 1. The Morgan fingerprint density at radius 2 is 1.79 bits per heavy atom. The number of benzene rings is 1. The SMILES string of the molecule is Cc1cc(C)cc(N(C)c2cc(CN)c(Cl)cn2)c1. The Hall–Kier alpha value is -1.58. The van der Waals surface area contributed by atoms with E-state index in [0.717, 1.165) is 17.1 Å². The monoisotopic (exact) mass is 275 g/mol. The fraction of sp³-hybridized carbons (Fsp3) is 0.267. The average molecular weight is 276 g/mol. The first-order chi connectivity index (χ1) is 9.01. The fourth-order valence-electron chi connectivity index (χ4n) is 2.08. The van der Waals surface area contributed by atoms with Crippen LogP contribution in [0.4, 0.5) is 11.5 Å². The number of anilines is 2. The Balaban J connectivity index is 2.40. The van der Waals surface area contributed by atoms with E-state index in [0.29, 0.717) is 11.6 Å². The van der Waals surface area contributed by atoms with Gasteiger partial charge in [0.05, 0.1) is 5.02 Å². The molecule has 0 saturated heterocycles. The van der Waals surface area contributed by atoms with Gasteiger partial charge in [0, 0.05) is 25.5 Å². The van der Waals surface area contributed by atoms with Crippen LogP contribution in [0, 0.1) is 13.8 Å². The minimum absolute atomic E-state index is 0.412. The summed E-state index contributed by atoms with van der Waals surface area (Å²) in [4.78, 5) is 6.40. The predicted molar refractivity (Wildman–Crippen MR) is 81.1 cm³/mol. The van der Waals surface area contributed by atoms with Gasteiger partial charge >= 0.3 is 0 Å². The van der Waals surface area contributed by atoms with Gasteiger partial charge in [-0.15, -0.1) is 0 Å². The zero-order valence-corrected chi connectivity index (χ0v) is 12.2. The molecule has 0 aliphatic rings. The van der Waals surface area contributed by atoms with Crippen molar-refractivity contribution < 1.29 is 0 Å². The summed E-state index contributed by atoms with van der Waals surface area (Å²) in [6.07, 6.45) is 1.65. The van der Waals surface area contributed by atoms with Crippen molar-refractivity contribution in [3.05, 3.63) is 52.2 Å². The number of aryl methyl sites for hydroxylation is 2. The maximum atomic E-state index is 6.04. The summed E-state index contributed by atoms with van der Waals surface area (Å²) in [6.45, 7) is 4.59. The Bertz CT molecular complexity index is 576. The molecule has 0 atom stereocenters. The molecular formula is C15H18ClN3. The maximum Gasteiger partial charge on any atom is 0.133 e. The van der Waals surface area contributed by atoms with Gasteiger partial charge in [0.25, 0.3) is 0 Å². The molecule has 1 heterocycles. The van der Waals surface area contributed by atoms with E-state index in [1.807, 2.05) is 18.0 Å². The van der Waals surface area contributed by atoms with Crippen LogP contribution in [-0.4, -0.2) is 12.0 Å². The summed E-state index contributed by atoms with van der Waals surface area (Å²) in [5.74, 6) is 0.842. The van der Waals surface area contributed by atoms with Gasteiger partial charge < -0.3 is 10.6 Å². The highest BCUT2D eigenvalue weighted by Crippen LogP contribution is 2.26. The smallest absolute Gasteiger partial charge is 0.133 e. The van der Waals surface area contributed by atoms with Crippen LogP contribution in [0.2, 0.25) is 5.02 Å². The fourth-order valence-corrected chi connectivity index (χ4v) is 2.26. The first kappa shape index (κ1) is 13.8. The van der Waals surface area contributed by atoms with Crippen LogP contribution in [0.3, 0.4) is 0 Å². The molecule has 0 aliphatic heterocycles. The Morgan fingerprint density at radius 1 is 1.16 bits per heavy atom. The highest BCUT2D eigenvalue weighted by Gasteiger charge is 2.09. The van der Waals surface area contributed by atoms with Gasteiger partial charge in [-0.2, -0.15) is 0 Å². The van der Waals surface area contributed by atoms with Crippen molar-refractivity contribution in [3.8, 4) is 0 Å². The number of aromatic nitrogens is 1. The van der Waals surface area contributed by atoms with Crippen molar-refractivity contribution in [2.45, 2.75) is 20.4 Å². The molecule has 3 nitrogen and oxygen atoms in total. The highest BCUT2D eigenvalue weighted by molar-refractivity contribution is 6.31. The lowest BCUT2D eigenvalue weighted by Crippen LogP contribution is -2.12. The largest absolute Gasteiger partial charge is 0.329 e. The average Bonchev–Trinajstić information content (AvgIpc) is 2.37. The van der Waals surface area contributed by atoms with Gasteiger partial charge in [0.1, 0.15) is 5.82 Å². The first-order valence-corrected chi connectivity index (χ1v) is 6.55. The molecule has 0 unspecified atom stereocenters. The molecule has 0 radical (unpaired) electrons. The van der Waals surface area contributed by atoms with E-state index in [1.165, 1.54) is 11.1 Å². The Morgan fingerprint density at radius 3 is 2.37 bits per heavy atom. The number of hydrogen-bond donors (Lipinski definition) is 1. The molecule has 0 saturated carbocycles. The molecule has 1 aromatic heterocycles. The zero-order valence-electron chi connectivity index (χ0n) is 11.4. The van der Waals surface area contributed by atoms with Crippen LogP contribution >= 0.6 is 11.6 Å². The third-order valence-electron chi connectivity index (χ3n) is 3.08. The molecule has 0 amide bonds. The van der Waals surface area contributed by atoms with Crippen molar-refractivity contribution in [1.29, 1.82) is 0 Å². The lowest BCUT2D eigenvalue weighted by atomic mass is 10.1. The Labute approximate surface area is 119 Å². The molecule has 100 valence electrons. The van der Waals surface area contributed by atoms with E-state index in [1.54, 1.807) is 6.20 Å². The number of halogens is 1. The van der Waals surface area contributed by atoms with Crippen LogP contribution in [0.15, 0.2) is 30.5 Å². The maximum absolute atomic E-state index is 6.04. The second-order valence-corrected chi connectivity index (χ2v) is 5.15. The van der Waals surface area contributed by atoms with E-state index in [9.17, 15) is 0 Å². The van der Waals surface area contributed by atoms with Crippen molar-refractivity contribution in [1.82, 2.24) is 4.98 Å². The van der Waals surface area contributed by atoms with Crippen molar-refractivity contribution in [2.75, 3.05) is 11.9 Å². The summed E-state index contributed by atoms with van der Waals surface area (Å²) in [6, 6.07) is 8.34. The summed E-state index contributed by atoms with van der Waals surface area (Å²) in [5.41, 5.74) is 10.2. The minimum atomic E-state index is 0.412. The number of hydrogen-bond acceptors (Lipinski definition) is 3. The molecule has 4 heteroatoms. The van der Waals surface area contributed by atoms with Gasteiger partial charge in [0.2, 0.25) is 0 Å². The van der Waals surface area contributed by atoms with Gasteiger partial charge in [-0.1, -0.05) is 17.7 Å². The van der Waals surface area contributed by atoms with Crippen molar-refractivity contribution in [2.24, 2.45) is 5.73 Å². The molecule has 0 fully saturated rings. The second kappa shape index (κ2) is 5.59. The van der Waals surface area contributed by atoms with Gasteiger partial charge in [-0.25, -0.2) is 4.98 Å². The van der Waals surface area contributed by atoms with Gasteiger partial charge in [-0.3, -0.25) is 0 Å². The first-order valence-electron chi connectivity index (χ1n) is 6.18. The molecule has 19 heavy (non-hydrogen) atoms. The number of rotatable bonds is 3. The van der Waals surface area contributed by atoms with Crippen LogP contribution in [0.25, 0.3) is 0 Å². The lowest BCUT2D eigenvalue weighted by molar-refractivity contribution is 1.04. The quantitative estimate of drug-likeness (QED) is 0.931. The van der Waals surface area contributed by atoms with Gasteiger partial charge in [0.15, 0.2) is 0 Å². The minimum Gasteiger partial charge on any atom is -0.329 e. The zero-order chi connectivity index (χ0) is 14.0. The van der Waals surface area contributed by atoms with Crippen LogP contribution < -0.4 is 10.6 Å². The molecule has 1 aromatic carbocycles. The second-order valence-electron chi connectivity index (χ2n) is 4.74. The van der Waals surface area contributed by atoms with E-state index in [2.05, 4.69) is 37.0 Å². The van der Waals surface area contributed by atoms with E-state index < -0.39 is 0 Å². The molecule has 0 bridgehead atoms. The number of nitrogens with zero attached hydrogens (tertiary/aromatic N) is 2. The topological polar surface area (TPSA) is 42.1 Å². The van der Waals surface area contributed by atoms with E-state index in [4.69, 9.17) is 17.3 Å².